The lowest BCUT2D eigenvalue weighted by Crippen LogP contribution is -2.58. The van der Waals surface area contributed by atoms with Crippen LogP contribution in [0.4, 0.5) is 0 Å². The molecule has 0 aliphatic carbocycles. The highest BCUT2D eigenvalue weighted by Crippen LogP contribution is 2.31. The van der Waals surface area contributed by atoms with Gasteiger partial charge in [-0.05, 0) is 5.56 Å². The molecule has 1 aliphatic rings. The first-order chi connectivity index (χ1) is 8.30. The van der Waals surface area contributed by atoms with E-state index in [0.717, 1.165) is 25.3 Å². The van der Waals surface area contributed by atoms with E-state index >= 15 is 0 Å². The zero-order valence-electron chi connectivity index (χ0n) is 9.93. The van der Waals surface area contributed by atoms with Crippen LogP contribution in [0.3, 0.4) is 0 Å². The van der Waals surface area contributed by atoms with Crippen LogP contribution < -0.4 is 5.32 Å². The molecule has 0 amide bonds. The van der Waals surface area contributed by atoms with E-state index in [9.17, 15) is 0 Å². The fraction of sp³-hybridized carbons (Fsp3) is 0.385. The molecule has 0 saturated carbocycles. The summed E-state index contributed by atoms with van der Waals surface area (Å²) < 4.78 is 1.86. The number of hydrogen-bond donors (Lipinski definition) is 1. The van der Waals surface area contributed by atoms with Gasteiger partial charge < -0.3 is 5.32 Å². The number of nitrogens with zero attached hydrogens (tertiary/aromatic N) is 3. The van der Waals surface area contributed by atoms with Crippen LogP contribution in [0.2, 0.25) is 0 Å². The van der Waals surface area contributed by atoms with Gasteiger partial charge in [0.1, 0.15) is 12.2 Å². The summed E-state index contributed by atoms with van der Waals surface area (Å²) in [5.74, 6) is 1.05. The van der Waals surface area contributed by atoms with Crippen LogP contribution in [0, 0.1) is 0 Å². The zero-order valence-corrected chi connectivity index (χ0v) is 9.93. The van der Waals surface area contributed by atoms with Crippen LogP contribution in [-0.4, -0.2) is 27.9 Å². The van der Waals surface area contributed by atoms with E-state index < -0.39 is 0 Å². The molecule has 0 atom stereocenters. The molecular weight excluding hydrogens is 212 g/mol. The summed E-state index contributed by atoms with van der Waals surface area (Å²) in [6.45, 7) is 2.04. The van der Waals surface area contributed by atoms with Crippen LogP contribution in [0.15, 0.2) is 36.7 Å². The summed E-state index contributed by atoms with van der Waals surface area (Å²) in [5, 5.41) is 7.51. The number of aryl methyl sites for hydroxylation is 1. The summed E-state index contributed by atoms with van der Waals surface area (Å²) >= 11 is 0. The molecule has 3 rings (SSSR count). The number of rotatable bonds is 3. The van der Waals surface area contributed by atoms with E-state index in [1.807, 2.05) is 11.7 Å². The van der Waals surface area contributed by atoms with Gasteiger partial charge in [0.15, 0.2) is 0 Å². The molecule has 0 spiro atoms. The molecule has 88 valence electrons. The molecule has 2 heterocycles. The maximum Gasteiger partial charge on any atom is 0.138 e. The summed E-state index contributed by atoms with van der Waals surface area (Å²) in [6, 6.07) is 10.7. The van der Waals surface area contributed by atoms with E-state index in [4.69, 9.17) is 0 Å². The third-order valence-electron chi connectivity index (χ3n) is 3.61. The highest BCUT2D eigenvalue weighted by molar-refractivity contribution is 5.31. The van der Waals surface area contributed by atoms with E-state index in [-0.39, 0.29) is 5.41 Å². The summed E-state index contributed by atoms with van der Waals surface area (Å²) in [6.07, 6.45) is 2.57. The smallest absolute Gasteiger partial charge is 0.138 e. The minimum Gasteiger partial charge on any atom is -0.315 e. The van der Waals surface area contributed by atoms with Crippen molar-refractivity contribution >= 4 is 0 Å². The first-order valence-electron chi connectivity index (χ1n) is 5.89. The molecule has 4 nitrogen and oxygen atoms in total. The van der Waals surface area contributed by atoms with Gasteiger partial charge >= 0.3 is 0 Å². The first-order valence-corrected chi connectivity index (χ1v) is 5.89. The first kappa shape index (κ1) is 10.5. The van der Waals surface area contributed by atoms with Gasteiger partial charge in [-0.3, -0.25) is 4.68 Å². The number of nitrogens with one attached hydrogen (secondary N) is 1. The van der Waals surface area contributed by atoms with Gasteiger partial charge in [0, 0.05) is 32.0 Å². The molecule has 1 aromatic heterocycles. The average Bonchev–Trinajstić information content (AvgIpc) is 2.70. The lowest BCUT2D eigenvalue weighted by atomic mass is 9.72. The van der Waals surface area contributed by atoms with Crippen LogP contribution in [0.5, 0.6) is 0 Å². The van der Waals surface area contributed by atoms with Crippen molar-refractivity contribution in [2.45, 2.75) is 11.8 Å². The summed E-state index contributed by atoms with van der Waals surface area (Å²) in [4.78, 5) is 4.33. The van der Waals surface area contributed by atoms with Crippen LogP contribution in [0.25, 0.3) is 0 Å². The van der Waals surface area contributed by atoms with Crippen molar-refractivity contribution in [3.8, 4) is 0 Å². The lowest BCUT2D eigenvalue weighted by molar-refractivity contribution is 0.267. The Labute approximate surface area is 101 Å². The van der Waals surface area contributed by atoms with Gasteiger partial charge in [0.2, 0.25) is 0 Å². The molecule has 2 aromatic rings. The van der Waals surface area contributed by atoms with E-state index in [1.165, 1.54) is 5.56 Å². The van der Waals surface area contributed by atoms with Crippen LogP contribution in [0.1, 0.15) is 11.4 Å². The lowest BCUT2D eigenvalue weighted by Gasteiger charge is -2.43. The zero-order chi connectivity index (χ0) is 11.7. The van der Waals surface area contributed by atoms with E-state index in [2.05, 4.69) is 45.7 Å². The molecule has 1 N–H and O–H groups in total. The van der Waals surface area contributed by atoms with Gasteiger partial charge in [-0.2, -0.15) is 5.10 Å². The van der Waals surface area contributed by atoms with Crippen molar-refractivity contribution in [2.75, 3.05) is 13.1 Å². The van der Waals surface area contributed by atoms with Crippen molar-refractivity contribution < 1.29 is 0 Å². The van der Waals surface area contributed by atoms with Crippen LogP contribution >= 0.6 is 0 Å². The van der Waals surface area contributed by atoms with Crippen LogP contribution in [-0.2, 0) is 18.9 Å². The van der Waals surface area contributed by atoms with Gasteiger partial charge in [-0.1, -0.05) is 30.3 Å². The Kier molecular flexibility index (Phi) is 2.44. The maximum absolute atomic E-state index is 4.33. The minimum atomic E-state index is 0.196. The molecule has 1 saturated heterocycles. The Morgan fingerprint density at radius 3 is 2.59 bits per heavy atom. The monoisotopic (exact) mass is 228 g/mol. The molecule has 1 aliphatic heterocycles. The number of aromatic nitrogens is 3. The number of hydrogen-bond acceptors (Lipinski definition) is 3. The predicted octanol–water partition coefficient (Wildman–Crippen LogP) is 0.899. The second-order valence-electron chi connectivity index (χ2n) is 4.73. The van der Waals surface area contributed by atoms with Crippen molar-refractivity contribution in [2.24, 2.45) is 7.05 Å². The second-order valence-corrected chi connectivity index (χ2v) is 4.73. The molecular formula is C13H16N4. The van der Waals surface area contributed by atoms with Crippen molar-refractivity contribution in [1.82, 2.24) is 20.1 Å². The van der Waals surface area contributed by atoms with Crippen molar-refractivity contribution in [1.29, 1.82) is 0 Å². The quantitative estimate of drug-likeness (QED) is 0.848. The summed E-state index contributed by atoms with van der Waals surface area (Å²) in [5.41, 5.74) is 1.59. The Bertz CT molecular complexity index is 499. The standard InChI is InChI=1S/C13H16N4/c1-17-12(15-10-16-17)7-13(8-14-9-13)11-5-3-2-4-6-11/h2-6,10,14H,7-9H2,1H3. The average molecular weight is 228 g/mol. The highest BCUT2D eigenvalue weighted by atomic mass is 15.3. The Hall–Kier alpha value is -1.68. The third kappa shape index (κ3) is 1.74. The molecule has 0 unspecified atom stereocenters. The summed E-state index contributed by atoms with van der Waals surface area (Å²) in [7, 11) is 1.95. The normalized spacial score (nSPS) is 17.7. The SMILES string of the molecule is Cn1ncnc1CC1(c2ccccc2)CNC1. The van der Waals surface area contributed by atoms with E-state index in [1.54, 1.807) is 6.33 Å². The largest absolute Gasteiger partial charge is 0.315 e. The molecule has 1 fully saturated rings. The van der Waals surface area contributed by atoms with Crippen molar-refractivity contribution in [3.63, 3.8) is 0 Å². The topological polar surface area (TPSA) is 42.7 Å². The molecule has 0 bridgehead atoms. The predicted molar refractivity (Wildman–Crippen MR) is 65.7 cm³/mol. The van der Waals surface area contributed by atoms with Gasteiger partial charge in [-0.15, -0.1) is 0 Å². The Morgan fingerprint density at radius 2 is 2.06 bits per heavy atom. The van der Waals surface area contributed by atoms with Gasteiger partial charge in [-0.25, -0.2) is 4.98 Å². The Morgan fingerprint density at radius 1 is 1.29 bits per heavy atom. The third-order valence-corrected chi connectivity index (χ3v) is 3.61. The molecule has 0 radical (unpaired) electrons. The van der Waals surface area contributed by atoms with Gasteiger partial charge in [0.25, 0.3) is 0 Å². The molecule has 17 heavy (non-hydrogen) atoms. The molecule has 1 aromatic carbocycles. The van der Waals surface area contributed by atoms with E-state index in [0.29, 0.717) is 0 Å². The maximum atomic E-state index is 4.33. The Balaban J connectivity index is 1.91. The highest BCUT2D eigenvalue weighted by Gasteiger charge is 2.39. The fourth-order valence-corrected chi connectivity index (χ4v) is 2.43. The number of benzene rings is 1. The van der Waals surface area contributed by atoms with Crippen molar-refractivity contribution in [3.05, 3.63) is 48.0 Å². The fourth-order valence-electron chi connectivity index (χ4n) is 2.43. The molecule has 4 heteroatoms. The van der Waals surface area contributed by atoms with Gasteiger partial charge in [0.05, 0.1) is 0 Å². The minimum absolute atomic E-state index is 0.196. The second kappa shape index (κ2) is 3.96.